The summed E-state index contributed by atoms with van der Waals surface area (Å²) in [6, 6.07) is 6.97. The van der Waals surface area contributed by atoms with Crippen LogP contribution in [0.25, 0.3) is 0 Å². The lowest BCUT2D eigenvalue weighted by Crippen LogP contribution is -3.00. The topological polar surface area (TPSA) is 38.8 Å². The Kier molecular flexibility index (Phi) is 7.61. The first kappa shape index (κ1) is 18.7. The Balaban J connectivity index is 0. The zero-order valence-electron chi connectivity index (χ0n) is 13.8. The minimum atomic E-state index is -0.318. The van der Waals surface area contributed by atoms with Gasteiger partial charge in [0.2, 0.25) is 0 Å². The van der Waals surface area contributed by atoms with Crippen molar-refractivity contribution in [2.24, 2.45) is 0 Å². The van der Waals surface area contributed by atoms with Crippen LogP contribution in [0.4, 0.5) is 0 Å². The first-order chi connectivity index (χ1) is 8.84. The van der Waals surface area contributed by atoms with Crippen molar-refractivity contribution in [3.8, 4) is 5.75 Å². The zero-order valence-corrected chi connectivity index (χ0v) is 13.5. The van der Waals surface area contributed by atoms with Gasteiger partial charge < -0.3 is 21.9 Å². The van der Waals surface area contributed by atoms with Gasteiger partial charge in [-0.1, -0.05) is 6.07 Å². The fourth-order valence-corrected chi connectivity index (χ4v) is 1.44. The van der Waals surface area contributed by atoms with Crippen LogP contribution in [0.3, 0.4) is 0 Å². The van der Waals surface area contributed by atoms with Gasteiger partial charge in [-0.3, -0.25) is 4.90 Å². The van der Waals surface area contributed by atoms with E-state index in [4.69, 9.17) is 9.47 Å². The van der Waals surface area contributed by atoms with Crippen LogP contribution in [0.5, 0.6) is 5.75 Å². The summed E-state index contributed by atoms with van der Waals surface area (Å²) in [4.78, 5) is 14.0. The number of esters is 1. The van der Waals surface area contributed by atoms with Gasteiger partial charge in [0.25, 0.3) is 0 Å². The lowest BCUT2D eigenvalue weighted by atomic mass is 10.1. The zero-order chi connectivity index (χ0) is 14.5. The number of hydrogen-bond donors (Lipinski definition) is 0. The van der Waals surface area contributed by atoms with Crippen LogP contribution in [0, 0.1) is 0 Å². The molecule has 114 valence electrons. The van der Waals surface area contributed by atoms with Crippen molar-refractivity contribution >= 4 is 5.97 Å². The number of likely N-dealkylation sites (N-methyl/N-ethyl adjacent to an activating group) is 1. The molecule has 0 unspecified atom stereocenters. The first-order valence-corrected chi connectivity index (χ1v) is 6.37. The molecule has 0 aromatic heterocycles. The molecule has 1 aromatic carbocycles. The Morgan fingerprint density at radius 2 is 2.00 bits per heavy atom. The molecule has 4 nitrogen and oxygen atoms in total. The summed E-state index contributed by atoms with van der Waals surface area (Å²) in [6.07, 6.45) is 0. The molecular formula is C15H24ClNO3. The Bertz CT molecular complexity index is 435. The Hall–Kier alpha value is -1.26. The van der Waals surface area contributed by atoms with Gasteiger partial charge in [-0.2, -0.15) is 0 Å². The van der Waals surface area contributed by atoms with E-state index in [9.17, 15) is 4.79 Å². The molecule has 0 saturated heterocycles. The van der Waals surface area contributed by atoms with Crippen LogP contribution in [0.15, 0.2) is 24.3 Å². The standard InChI is InChI=1S/C15H23NO3.ClH/c1-15(2,3)16(4)9-10-19-14(17)12-7-6-8-13(11-12)18-5;/h6-8,11H,9-10H2,1-5H3;1H. The van der Waals surface area contributed by atoms with Gasteiger partial charge in [-0.15, -0.1) is 0 Å². The van der Waals surface area contributed by atoms with Crippen LogP contribution in [-0.4, -0.2) is 43.7 Å². The molecule has 20 heavy (non-hydrogen) atoms. The van der Waals surface area contributed by atoms with E-state index >= 15 is 0 Å². The molecule has 0 aliphatic heterocycles. The molecule has 0 fully saturated rings. The maximum Gasteiger partial charge on any atom is 1.00 e. The molecule has 1 rings (SSSR count). The second kappa shape index (κ2) is 8.12. The van der Waals surface area contributed by atoms with Crippen molar-refractivity contribution in [1.82, 2.24) is 4.90 Å². The lowest BCUT2D eigenvalue weighted by molar-refractivity contribution is -0.0000228. The molecule has 0 heterocycles. The van der Waals surface area contributed by atoms with Crippen molar-refractivity contribution < 1.29 is 28.1 Å². The van der Waals surface area contributed by atoms with Crippen molar-refractivity contribution in [1.29, 1.82) is 0 Å². The van der Waals surface area contributed by atoms with Gasteiger partial charge in [0.15, 0.2) is 0 Å². The third-order valence-corrected chi connectivity index (χ3v) is 3.11. The summed E-state index contributed by atoms with van der Waals surface area (Å²) in [6.45, 7) is 7.45. The number of benzene rings is 1. The van der Waals surface area contributed by atoms with Crippen LogP contribution in [0.1, 0.15) is 32.6 Å². The highest BCUT2D eigenvalue weighted by Crippen LogP contribution is 2.14. The molecule has 0 spiro atoms. The van der Waals surface area contributed by atoms with Gasteiger partial charge in [0.05, 0.1) is 12.7 Å². The Morgan fingerprint density at radius 1 is 1.35 bits per heavy atom. The molecule has 0 aliphatic rings. The minimum absolute atomic E-state index is 0. The fourth-order valence-electron chi connectivity index (χ4n) is 1.44. The Morgan fingerprint density at radius 3 is 2.55 bits per heavy atom. The second-order valence-electron chi connectivity index (χ2n) is 5.46. The molecule has 0 amide bonds. The summed E-state index contributed by atoms with van der Waals surface area (Å²) in [7, 11) is 3.59. The number of ether oxygens (including phenoxy) is 2. The lowest BCUT2D eigenvalue weighted by Gasteiger charge is -2.31. The largest absolute Gasteiger partial charge is 1.00 e. The molecule has 5 heteroatoms. The van der Waals surface area contributed by atoms with E-state index in [1.165, 1.54) is 0 Å². The normalized spacial score (nSPS) is 10.9. The molecule has 0 saturated carbocycles. The first-order valence-electron chi connectivity index (χ1n) is 6.37. The van der Waals surface area contributed by atoms with Gasteiger partial charge >= 0.3 is 7.40 Å². The Labute approximate surface area is 129 Å². The van der Waals surface area contributed by atoms with E-state index in [1.54, 1.807) is 31.4 Å². The number of methoxy groups -OCH3 is 1. The summed E-state index contributed by atoms with van der Waals surface area (Å²) in [5.74, 6) is 0.336. The van der Waals surface area contributed by atoms with E-state index in [-0.39, 0.29) is 25.3 Å². The van der Waals surface area contributed by atoms with Gasteiger partial charge in [-0.05, 0) is 46.0 Å². The average Bonchev–Trinajstić information content (AvgIpc) is 2.37. The van der Waals surface area contributed by atoms with Crippen LogP contribution in [-0.2, 0) is 4.74 Å². The maximum atomic E-state index is 11.8. The summed E-state index contributed by atoms with van der Waals surface area (Å²) in [5, 5.41) is 0. The van der Waals surface area contributed by atoms with Crippen molar-refractivity contribution in [2.75, 3.05) is 27.3 Å². The van der Waals surface area contributed by atoms with E-state index < -0.39 is 0 Å². The van der Waals surface area contributed by atoms with Crippen molar-refractivity contribution in [2.45, 2.75) is 26.3 Å². The molecule has 0 aliphatic carbocycles. The highest BCUT2D eigenvalue weighted by Gasteiger charge is 2.17. The number of hydrogen-bond acceptors (Lipinski definition) is 4. The van der Waals surface area contributed by atoms with Crippen LogP contribution < -0.4 is 17.1 Å². The predicted octanol–water partition coefficient (Wildman–Crippen LogP) is -0.301. The fraction of sp³-hybridized carbons (Fsp3) is 0.533. The van der Waals surface area contributed by atoms with Crippen molar-refractivity contribution in [3.05, 3.63) is 29.8 Å². The highest BCUT2D eigenvalue weighted by molar-refractivity contribution is 5.89. The predicted molar refractivity (Wildman–Crippen MR) is 76.8 cm³/mol. The smallest absolute Gasteiger partial charge is 1.00 e. The third kappa shape index (κ3) is 5.80. The van der Waals surface area contributed by atoms with Crippen LogP contribution >= 0.6 is 0 Å². The second-order valence-corrected chi connectivity index (χ2v) is 5.46. The van der Waals surface area contributed by atoms with E-state index in [1.807, 2.05) is 7.05 Å². The maximum absolute atomic E-state index is 11.8. The molecular weight excluding hydrogens is 278 g/mol. The van der Waals surface area contributed by atoms with E-state index in [0.29, 0.717) is 24.5 Å². The quantitative estimate of drug-likeness (QED) is 0.700. The number of halogens is 1. The average molecular weight is 302 g/mol. The summed E-state index contributed by atoms with van der Waals surface area (Å²) in [5.41, 5.74) is 0.584. The SMILES string of the molecule is COc1cccc(C(=O)OCCN(C)C(C)(C)C)c1.[Cl-].[H+]. The number of rotatable bonds is 5. The number of nitrogens with zero attached hydrogens (tertiary/aromatic N) is 1. The van der Waals surface area contributed by atoms with Gasteiger partial charge in [0, 0.05) is 12.1 Å². The molecule has 0 radical (unpaired) electrons. The summed E-state index contributed by atoms with van der Waals surface area (Å²) < 4.78 is 10.3. The van der Waals surface area contributed by atoms with E-state index in [0.717, 1.165) is 0 Å². The molecule has 0 atom stereocenters. The molecule has 0 N–H and O–H groups in total. The third-order valence-electron chi connectivity index (χ3n) is 3.11. The van der Waals surface area contributed by atoms with Gasteiger partial charge in [-0.25, -0.2) is 4.79 Å². The monoisotopic (exact) mass is 301 g/mol. The number of carbonyl (C=O) groups is 1. The van der Waals surface area contributed by atoms with E-state index in [2.05, 4.69) is 25.7 Å². The number of carbonyl (C=O) groups excluding carboxylic acids is 1. The van der Waals surface area contributed by atoms with Crippen LogP contribution in [0.2, 0.25) is 0 Å². The highest BCUT2D eigenvalue weighted by atomic mass is 35.5. The molecule has 0 bridgehead atoms. The van der Waals surface area contributed by atoms with Gasteiger partial charge in [0.1, 0.15) is 12.4 Å². The minimum Gasteiger partial charge on any atom is -1.00 e. The summed E-state index contributed by atoms with van der Waals surface area (Å²) >= 11 is 0. The van der Waals surface area contributed by atoms with Crippen molar-refractivity contribution in [3.63, 3.8) is 0 Å². The molecule has 1 aromatic rings.